The molecule has 19 heavy (non-hydrogen) atoms. The van der Waals surface area contributed by atoms with Crippen molar-refractivity contribution in [3.8, 4) is 0 Å². The predicted octanol–water partition coefficient (Wildman–Crippen LogP) is 2.79. The summed E-state index contributed by atoms with van der Waals surface area (Å²) in [4.78, 5) is 24.8. The van der Waals surface area contributed by atoms with Crippen LogP contribution in [0.1, 0.15) is 36.5 Å². The molecule has 2 N–H and O–H groups in total. The second-order valence-corrected chi connectivity index (χ2v) is 4.74. The van der Waals surface area contributed by atoms with Crippen LogP contribution in [0.15, 0.2) is 24.3 Å². The molecule has 0 aromatic heterocycles. The lowest BCUT2D eigenvalue weighted by atomic mass is 10.2. The van der Waals surface area contributed by atoms with Gasteiger partial charge in [0.25, 0.3) is 0 Å². The van der Waals surface area contributed by atoms with Gasteiger partial charge in [-0.3, -0.25) is 0 Å². The third-order valence-corrected chi connectivity index (χ3v) is 3.07. The Kier molecular flexibility index (Phi) is 4.04. The fourth-order valence-corrected chi connectivity index (χ4v) is 2.00. The fourth-order valence-electron chi connectivity index (χ4n) is 2.00. The summed E-state index contributed by atoms with van der Waals surface area (Å²) in [6, 6.07) is 6.50. The summed E-state index contributed by atoms with van der Waals surface area (Å²) in [6.07, 6.45) is 3.03. The molecule has 0 spiro atoms. The Bertz CT molecular complexity index is 483. The molecule has 1 aliphatic carbocycles. The quantitative estimate of drug-likeness (QED) is 0.857. The molecular weight excluding hydrogens is 244 g/mol. The number of amides is 2. The van der Waals surface area contributed by atoms with Crippen LogP contribution in [-0.2, 0) is 0 Å². The fraction of sp³-hybridized carbons (Fsp3) is 0.429. The van der Waals surface area contributed by atoms with Crippen LogP contribution in [-0.4, -0.2) is 34.6 Å². The summed E-state index contributed by atoms with van der Waals surface area (Å²) in [7, 11) is 0. The van der Waals surface area contributed by atoms with Gasteiger partial charge in [0.05, 0.1) is 5.56 Å². The van der Waals surface area contributed by atoms with Crippen molar-refractivity contribution in [2.24, 2.45) is 0 Å². The summed E-state index contributed by atoms with van der Waals surface area (Å²) >= 11 is 0. The number of nitrogens with zero attached hydrogens (tertiary/aromatic N) is 1. The topological polar surface area (TPSA) is 69.6 Å². The van der Waals surface area contributed by atoms with E-state index in [0.29, 0.717) is 11.7 Å². The normalized spacial score (nSPS) is 13.9. The number of rotatable bonds is 5. The van der Waals surface area contributed by atoms with Crippen molar-refractivity contribution in [1.82, 2.24) is 4.90 Å². The van der Waals surface area contributed by atoms with Gasteiger partial charge < -0.3 is 15.3 Å². The van der Waals surface area contributed by atoms with Gasteiger partial charge in [0, 0.05) is 18.3 Å². The van der Waals surface area contributed by atoms with Gasteiger partial charge >= 0.3 is 12.0 Å². The molecule has 0 unspecified atom stereocenters. The minimum absolute atomic E-state index is 0.146. The van der Waals surface area contributed by atoms with Gasteiger partial charge in [-0.25, -0.2) is 9.59 Å². The maximum atomic E-state index is 12.1. The summed E-state index contributed by atoms with van der Waals surface area (Å²) in [5.74, 6) is -0.997. The van der Waals surface area contributed by atoms with Gasteiger partial charge in [0.15, 0.2) is 0 Å². The van der Waals surface area contributed by atoms with Crippen molar-refractivity contribution in [3.63, 3.8) is 0 Å². The maximum Gasteiger partial charge on any atom is 0.335 e. The Balaban J connectivity index is 2.04. The number of benzene rings is 1. The first-order valence-corrected chi connectivity index (χ1v) is 6.52. The molecule has 5 heteroatoms. The lowest BCUT2D eigenvalue weighted by molar-refractivity contribution is 0.0697. The maximum absolute atomic E-state index is 12.1. The molecule has 0 saturated heterocycles. The smallest absolute Gasteiger partial charge is 0.335 e. The second kappa shape index (κ2) is 5.73. The van der Waals surface area contributed by atoms with E-state index < -0.39 is 5.97 Å². The number of aromatic carboxylic acids is 1. The Morgan fingerprint density at radius 3 is 2.74 bits per heavy atom. The van der Waals surface area contributed by atoms with Crippen LogP contribution in [0.5, 0.6) is 0 Å². The van der Waals surface area contributed by atoms with Crippen LogP contribution < -0.4 is 5.32 Å². The van der Waals surface area contributed by atoms with E-state index in [1.54, 1.807) is 12.1 Å². The van der Waals surface area contributed by atoms with E-state index >= 15 is 0 Å². The van der Waals surface area contributed by atoms with Crippen LogP contribution >= 0.6 is 0 Å². The molecule has 2 rings (SSSR count). The average molecular weight is 262 g/mol. The zero-order valence-electron chi connectivity index (χ0n) is 10.9. The molecule has 2 amide bonds. The monoisotopic (exact) mass is 262 g/mol. The lowest BCUT2D eigenvalue weighted by Crippen LogP contribution is -2.37. The highest BCUT2D eigenvalue weighted by Crippen LogP contribution is 2.27. The van der Waals surface area contributed by atoms with Crippen LogP contribution in [0.4, 0.5) is 10.5 Å². The molecular formula is C14H18N2O3. The Morgan fingerprint density at radius 2 is 2.16 bits per heavy atom. The summed E-state index contributed by atoms with van der Waals surface area (Å²) in [5, 5.41) is 11.7. The number of carboxylic acids is 1. The van der Waals surface area contributed by atoms with E-state index in [2.05, 4.69) is 5.32 Å². The number of carbonyl (C=O) groups excluding carboxylic acids is 1. The number of hydrogen-bond donors (Lipinski definition) is 2. The molecule has 0 atom stereocenters. The van der Waals surface area contributed by atoms with E-state index in [1.165, 1.54) is 12.1 Å². The van der Waals surface area contributed by atoms with E-state index in [9.17, 15) is 9.59 Å². The minimum Gasteiger partial charge on any atom is -0.478 e. The summed E-state index contributed by atoms with van der Waals surface area (Å²) < 4.78 is 0. The highest BCUT2D eigenvalue weighted by atomic mass is 16.4. The molecule has 102 valence electrons. The SMILES string of the molecule is CCCN(C(=O)Nc1cccc(C(=O)O)c1)C1CC1. The highest BCUT2D eigenvalue weighted by Gasteiger charge is 2.31. The molecule has 0 radical (unpaired) electrons. The Hall–Kier alpha value is -2.04. The first-order chi connectivity index (χ1) is 9.11. The van der Waals surface area contributed by atoms with E-state index in [-0.39, 0.29) is 11.6 Å². The van der Waals surface area contributed by atoms with Gasteiger partial charge in [-0.1, -0.05) is 13.0 Å². The highest BCUT2D eigenvalue weighted by molar-refractivity contribution is 5.93. The molecule has 1 aromatic rings. The molecule has 1 aliphatic rings. The van der Waals surface area contributed by atoms with E-state index in [4.69, 9.17) is 5.11 Å². The van der Waals surface area contributed by atoms with Crippen LogP contribution in [0.2, 0.25) is 0 Å². The van der Waals surface area contributed by atoms with Crippen LogP contribution in [0.3, 0.4) is 0 Å². The number of anilines is 1. The first-order valence-electron chi connectivity index (χ1n) is 6.52. The number of carbonyl (C=O) groups is 2. The molecule has 1 fully saturated rings. The van der Waals surface area contributed by atoms with Gasteiger partial charge in [-0.2, -0.15) is 0 Å². The molecule has 0 heterocycles. The van der Waals surface area contributed by atoms with Crippen molar-refractivity contribution in [1.29, 1.82) is 0 Å². The largest absolute Gasteiger partial charge is 0.478 e. The van der Waals surface area contributed by atoms with Crippen LogP contribution in [0.25, 0.3) is 0 Å². The Labute approximate surface area is 112 Å². The van der Waals surface area contributed by atoms with Gasteiger partial charge in [0.1, 0.15) is 0 Å². The van der Waals surface area contributed by atoms with E-state index in [1.807, 2.05) is 11.8 Å². The zero-order chi connectivity index (χ0) is 13.8. The van der Waals surface area contributed by atoms with Gasteiger partial charge in [0.2, 0.25) is 0 Å². The summed E-state index contributed by atoms with van der Waals surface area (Å²) in [6.45, 7) is 2.77. The van der Waals surface area contributed by atoms with Crippen molar-refractivity contribution >= 4 is 17.7 Å². The zero-order valence-corrected chi connectivity index (χ0v) is 10.9. The number of urea groups is 1. The van der Waals surface area contributed by atoms with Crippen molar-refractivity contribution < 1.29 is 14.7 Å². The standard InChI is InChI=1S/C14H18N2O3/c1-2-8-16(12-6-7-12)14(19)15-11-5-3-4-10(9-11)13(17)18/h3-5,9,12H,2,6-8H2,1H3,(H,15,19)(H,17,18). The first kappa shape index (κ1) is 13.4. The minimum atomic E-state index is -0.997. The molecule has 1 aromatic carbocycles. The van der Waals surface area contributed by atoms with Crippen molar-refractivity contribution in [2.45, 2.75) is 32.2 Å². The number of nitrogens with one attached hydrogen (secondary N) is 1. The summed E-state index contributed by atoms with van der Waals surface area (Å²) in [5.41, 5.74) is 0.693. The van der Waals surface area contributed by atoms with Crippen molar-refractivity contribution in [3.05, 3.63) is 29.8 Å². The molecule has 5 nitrogen and oxygen atoms in total. The Morgan fingerprint density at radius 1 is 1.42 bits per heavy atom. The molecule has 0 aliphatic heterocycles. The van der Waals surface area contributed by atoms with Gasteiger partial charge in [-0.15, -0.1) is 0 Å². The third kappa shape index (κ3) is 3.47. The average Bonchev–Trinajstić information content (AvgIpc) is 3.20. The van der Waals surface area contributed by atoms with Gasteiger partial charge in [-0.05, 0) is 37.5 Å². The van der Waals surface area contributed by atoms with Crippen molar-refractivity contribution in [2.75, 3.05) is 11.9 Å². The second-order valence-electron chi connectivity index (χ2n) is 4.74. The third-order valence-electron chi connectivity index (χ3n) is 3.07. The van der Waals surface area contributed by atoms with E-state index in [0.717, 1.165) is 25.8 Å². The number of carboxylic acid groups (broad SMARTS) is 1. The lowest BCUT2D eigenvalue weighted by Gasteiger charge is -2.22. The van der Waals surface area contributed by atoms with Crippen LogP contribution in [0, 0.1) is 0 Å². The number of hydrogen-bond acceptors (Lipinski definition) is 2. The molecule has 0 bridgehead atoms. The predicted molar refractivity (Wildman–Crippen MR) is 72.4 cm³/mol. The molecule has 1 saturated carbocycles.